The molecule has 0 bridgehead atoms. The molecule has 24 heavy (non-hydrogen) atoms. The fourth-order valence-electron chi connectivity index (χ4n) is 2.73. The molecule has 2 aromatic rings. The summed E-state index contributed by atoms with van der Waals surface area (Å²) in [4.78, 5) is 12.3. The molecule has 1 aromatic heterocycles. The highest BCUT2D eigenvalue weighted by molar-refractivity contribution is 5.92. The first kappa shape index (κ1) is 16.5. The summed E-state index contributed by atoms with van der Waals surface area (Å²) in [6.45, 7) is 3.51. The molecule has 3 rings (SSSR count). The average Bonchev–Trinajstić information content (AvgIpc) is 3.23. The molecule has 1 amide bonds. The Morgan fingerprint density at radius 1 is 1.29 bits per heavy atom. The van der Waals surface area contributed by atoms with E-state index in [0.29, 0.717) is 11.4 Å². The van der Waals surface area contributed by atoms with E-state index in [9.17, 15) is 18.0 Å². The minimum Gasteiger partial charge on any atom is -0.324 e. The van der Waals surface area contributed by atoms with Gasteiger partial charge in [-0.1, -0.05) is 18.2 Å². The van der Waals surface area contributed by atoms with Crippen LogP contribution in [-0.4, -0.2) is 15.7 Å². The van der Waals surface area contributed by atoms with Gasteiger partial charge in [-0.15, -0.1) is 0 Å². The second-order valence-electron chi connectivity index (χ2n) is 6.20. The molecule has 0 radical (unpaired) electrons. The lowest BCUT2D eigenvalue weighted by molar-refractivity contribution is -0.141. The van der Waals surface area contributed by atoms with E-state index in [-0.39, 0.29) is 18.4 Å². The molecule has 0 saturated heterocycles. The first-order valence-corrected chi connectivity index (χ1v) is 7.76. The topological polar surface area (TPSA) is 46.9 Å². The molecule has 1 fully saturated rings. The van der Waals surface area contributed by atoms with Crippen LogP contribution in [0.3, 0.4) is 0 Å². The van der Waals surface area contributed by atoms with Gasteiger partial charge in [-0.3, -0.25) is 9.48 Å². The summed E-state index contributed by atoms with van der Waals surface area (Å²) in [7, 11) is 0. The number of benzene rings is 1. The number of nitrogens with zero attached hydrogens (tertiary/aromatic N) is 2. The van der Waals surface area contributed by atoms with Crippen molar-refractivity contribution in [2.75, 3.05) is 5.32 Å². The van der Waals surface area contributed by atoms with E-state index in [0.717, 1.165) is 30.0 Å². The Morgan fingerprint density at radius 2 is 1.92 bits per heavy atom. The van der Waals surface area contributed by atoms with E-state index in [1.54, 1.807) is 0 Å². The van der Waals surface area contributed by atoms with E-state index >= 15 is 0 Å². The highest BCUT2D eigenvalue weighted by atomic mass is 19.4. The fourth-order valence-corrected chi connectivity index (χ4v) is 2.73. The van der Waals surface area contributed by atoms with Crippen LogP contribution in [0.1, 0.15) is 41.3 Å². The molecule has 1 saturated carbocycles. The van der Waals surface area contributed by atoms with E-state index in [4.69, 9.17) is 0 Å². The van der Waals surface area contributed by atoms with Crippen molar-refractivity contribution in [3.8, 4) is 0 Å². The van der Waals surface area contributed by atoms with Crippen molar-refractivity contribution >= 4 is 11.6 Å². The van der Waals surface area contributed by atoms with Gasteiger partial charge in [0, 0.05) is 17.3 Å². The molecule has 0 spiro atoms. The predicted molar refractivity (Wildman–Crippen MR) is 83.7 cm³/mol. The van der Waals surface area contributed by atoms with Crippen LogP contribution in [0.2, 0.25) is 0 Å². The van der Waals surface area contributed by atoms with Crippen molar-refractivity contribution < 1.29 is 18.0 Å². The van der Waals surface area contributed by atoms with Crippen LogP contribution >= 0.6 is 0 Å². The number of carbonyl (C=O) groups is 1. The number of hydrogen-bond acceptors (Lipinski definition) is 2. The molecule has 1 N–H and O–H groups in total. The molecule has 1 aromatic carbocycles. The lowest BCUT2D eigenvalue weighted by Crippen LogP contribution is -2.22. The van der Waals surface area contributed by atoms with Crippen molar-refractivity contribution in [2.24, 2.45) is 0 Å². The molecular formula is C17H18F3N3O. The van der Waals surface area contributed by atoms with Crippen molar-refractivity contribution in [3.63, 3.8) is 0 Å². The number of amides is 1. The Hall–Kier alpha value is -2.31. The zero-order valence-corrected chi connectivity index (χ0v) is 13.4. The predicted octanol–water partition coefficient (Wildman–Crippen LogP) is 4.03. The SMILES string of the molecule is Cc1cccc(C)c1NC(=O)Cn1nc(C(F)(F)F)cc1C1CC1. The van der Waals surface area contributed by atoms with Crippen LogP contribution in [-0.2, 0) is 17.5 Å². The quantitative estimate of drug-likeness (QED) is 0.915. The first-order valence-electron chi connectivity index (χ1n) is 7.76. The minimum absolute atomic E-state index is 0.0709. The molecule has 7 heteroatoms. The van der Waals surface area contributed by atoms with E-state index in [1.165, 1.54) is 4.68 Å². The third-order valence-electron chi connectivity index (χ3n) is 4.14. The smallest absolute Gasteiger partial charge is 0.324 e. The van der Waals surface area contributed by atoms with Crippen molar-refractivity contribution in [3.05, 3.63) is 46.8 Å². The maximum Gasteiger partial charge on any atom is 0.435 e. The van der Waals surface area contributed by atoms with E-state index in [1.807, 2.05) is 32.0 Å². The van der Waals surface area contributed by atoms with Crippen molar-refractivity contribution in [1.29, 1.82) is 0 Å². The monoisotopic (exact) mass is 337 g/mol. The number of anilines is 1. The van der Waals surface area contributed by atoms with Gasteiger partial charge in [0.1, 0.15) is 6.54 Å². The summed E-state index contributed by atoms with van der Waals surface area (Å²) in [5.41, 5.74) is 2.05. The largest absolute Gasteiger partial charge is 0.435 e. The molecule has 0 atom stereocenters. The molecule has 128 valence electrons. The second-order valence-corrected chi connectivity index (χ2v) is 6.20. The number of halogens is 3. The van der Waals surface area contributed by atoms with Gasteiger partial charge in [0.05, 0.1) is 0 Å². The number of carbonyl (C=O) groups excluding carboxylic acids is 1. The van der Waals surface area contributed by atoms with Gasteiger partial charge in [-0.25, -0.2) is 0 Å². The van der Waals surface area contributed by atoms with Gasteiger partial charge in [0.25, 0.3) is 0 Å². The van der Waals surface area contributed by atoms with Crippen LogP contribution in [0.4, 0.5) is 18.9 Å². The lowest BCUT2D eigenvalue weighted by Gasteiger charge is -2.12. The average molecular weight is 337 g/mol. The highest BCUT2D eigenvalue weighted by Crippen LogP contribution is 2.42. The Morgan fingerprint density at radius 3 is 2.46 bits per heavy atom. The summed E-state index contributed by atoms with van der Waals surface area (Å²) >= 11 is 0. The minimum atomic E-state index is -4.50. The lowest BCUT2D eigenvalue weighted by atomic mass is 10.1. The maximum absolute atomic E-state index is 12.9. The normalized spacial score (nSPS) is 14.7. The van der Waals surface area contributed by atoms with Gasteiger partial charge in [0.2, 0.25) is 5.91 Å². The van der Waals surface area contributed by atoms with Crippen LogP contribution in [0, 0.1) is 13.8 Å². The third-order valence-corrected chi connectivity index (χ3v) is 4.14. The zero-order valence-electron chi connectivity index (χ0n) is 13.4. The molecule has 1 heterocycles. The van der Waals surface area contributed by atoms with Gasteiger partial charge in [-0.2, -0.15) is 18.3 Å². The fraction of sp³-hybridized carbons (Fsp3) is 0.412. The van der Waals surface area contributed by atoms with Gasteiger partial charge in [-0.05, 0) is 43.9 Å². The van der Waals surface area contributed by atoms with E-state index in [2.05, 4.69) is 10.4 Å². The zero-order chi connectivity index (χ0) is 17.5. The Kier molecular flexibility index (Phi) is 4.11. The van der Waals surface area contributed by atoms with Crippen LogP contribution in [0.15, 0.2) is 24.3 Å². The number of para-hydroxylation sites is 1. The molecule has 0 unspecified atom stereocenters. The van der Waals surface area contributed by atoms with Gasteiger partial charge in [0.15, 0.2) is 5.69 Å². The number of hydrogen-bond donors (Lipinski definition) is 1. The molecule has 4 nitrogen and oxygen atoms in total. The Bertz CT molecular complexity index is 756. The van der Waals surface area contributed by atoms with E-state index < -0.39 is 11.9 Å². The standard InChI is InChI=1S/C17H18F3N3O/c1-10-4-3-5-11(2)16(10)21-15(24)9-23-13(12-6-7-12)8-14(22-23)17(18,19)20/h3-5,8,12H,6-7,9H2,1-2H3,(H,21,24). The molecular weight excluding hydrogens is 319 g/mol. The van der Waals surface area contributed by atoms with Gasteiger partial charge < -0.3 is 5.32 Å². The van der Waals surface area contributed by atoms with Crippen molar-refractivity contribution in [2.45, 2.75) is 45.3 Å². The summed E-state index contributed by atoms with van der Waals surface area (Å²) in [5, 5.41) is 6.38. The maximum atomic E-state index is 12.9. The number of aromatic nitrogens is 2. The summed E-state index contributed by atoms with van der Waals surface area (Å²) < 4.78 is 39.8. The van der Waals surface area contributed by atoms with Crippen LogP contribution in [0.25, 0.3) is 0 Å². The van der Waals surface area contributed by atoms with Crippen LogP contribution < -0.4 is 5.32 Å². The summed E-state index contributed by atoms with van der Waals surface area (Å²) in [6.07, 6.45) is -2.83. The number of alkyl halides is 3. The highest BCUT2D eigenvalue weighted by Gasteiger charge is 2.38. The van der Waals surface area contributed by atoms with Gasteiger partial charge >= 0.3 is 6.18 Å². The molecule has 1 aliphatic carbocycles. The number of aryl methyl sites for hydroxylation is 2. The number of nitrogens with one attached hydrogen (secondary N) is 1. The summed E-state index contributed by atoms with van der Waals surface area (Å²) in [6, 6.07) is 6.68. The Labute approximate surface area is 137 Å². The first-order chi connectivity index (χ1) is 11.3. The Balaban J connectivity index is 1.80. The summed E-state index contributed by atoms with van der Waals surface area (Å²) in [5.74, 6) is -0.312. The molecule has 1 aliphatic rings. The third kappa shape index (κ3) is 3.44. The number of rotatable bonds is 4. The van der Waals surface area contributed by atoms with Crippen molar-refractivity contribution in [1.82, 2.24) is 9.78 Å². The molecule has 0 aliphatic heterocycles. The second kappa shape index (κ2) is 5.96. The van der Waals surface area contributed by atoms with Crippen LogP contribution in [0.5, 0.6) is 0 Å².